The summed E-state index contributed by atoms with van der Waals surface area (Å²) in [5.41, 5.74) is 0. The third-order valence-electron chi connectivity index (χ3n) is 1.27. The van der Waals surface area contributed by atoms with Gasteiger partial charge in [-0.05, 0) is 35.1 Å². The second-order valence-electron chi connectivity index (χ2n) is 1.98. The van der Waals surface area contributed by atoms with Gasteiger partial charge in [0.15, 0.2) is 0 Å². The van der Waals surface area contributed by atoms with Crippen LogP contribution in [0.3, 0.4) is 0 Å². The maximum Gasteiger partial charge on any atom is 0.0635 e. The Morgan fingerprint density at radius 3 is 3.27 bits per heavy atom. The van der Waals surface area contributed by atoms with Crippen molar-refractivity contribution in [3.05, 3.63) is 29.8 Å². The van der Waals surface area contributed by atoms with Gasteiger partial charge in [0.1, 0.15) is 0 Å². The van der Waals surface area contributed by atoms with E-state index in [1.54, 1.807) is 29.1 Å². The first-order valence-corrected chi connectivity index (χ1v) is 4.85. The van der Waals surface area contributed by atoms with Crippen molar-refractivity contribution in [3.8, 4) is 0 Å². The van der Waals surface area contributed by atoms with Gasteiger partial charge < -0.3 is 0 Å². The van der Waals surface area contributed by atoms with E-state index in [9.17, 15) is 0 Å². The van der Waals surface area contributed by atoms with Gasteiger partial charge in [0, 0.05) is 10.9 Å². The summed E-state index contributed by atoms with van der Waals surface area (Å²) in [6, 6.07) is 6.09. The lowest BCUT2D eigenvalue weighted by molar-refractivity contribution is 1.14. The third kappa shape index (κ3) is 1.41. The van der Waals surface area contributed by atoms with Gasteiger partial charge in [-0.25, -0.2) is 4.49 Å². The molecule has 0 unspecified atom stereocenters. The summed E-state index contributed by atoms with van der Waals surface area (Å²) >= 11 is 3.28. The molecule has 1 N–H and O–H groups in total. The number of H-pyrrole nitrogens is 1. The van der Waals surface area contributed by atoms with Gasteiger partial charge in [-0.1, -0.05) is 0 Å². The van der Waals surface area contributed by atoms with E-state index in [1.807, 2.05) is 6.07 Å². The lowest BCUT2D eigenvalue weighted by atomic mass is 10.5. The summed E-state index contributed by atoms with van der Waals surface area (Å²) < 4.78 is 5.40. The largest absolute Gasteiger partial charge is 0.232 e. The molecule has 2 rings (SSSR count). The number of fused-ring (bicyclic) bond motifs is 1. The molecule has 0 atom stereocenters. The van der Waals surface area contributed by atoms with Crippen molar-refractivity contribution in [2.24, 2.45) is 0 Å². The smallest absolute Gasteiger partial charge is 0.0635 e. The van der Waals surface area contributed by atoms with Crippen LogP contribution < -0.4 is 0 Å². The van der Waals surface area contributed by atoms with Crippen LogP contribution in [0.4, 0.5) is 0 Å². The van der Waals surface area contributed by atoms with Gasteiger partial charge in [-0.3, -0.25) is 0 Å². The molecule has 0 saturated carbocycles. The van der Waals surface area contributed by atoms with E-state index in [4.69, 9.17) is 0 Å². The van der Waals surface area contributed by atoms with Crippen LogP contribution in [0.2, 0.25) is 0 Å². The van der Waals surface area contributed by atoms with Crippen LogP contribution >= 0.6 is 22.9 Å². The second kappa shape index (κ2) is 3.02. The monoisotopic (exact) mass is 182 g/mol. The lowest BCUT2D eigenvalue weighted by Gasteiger charge is -1.80. The molecule has 0 saturated heterocycles. The lowest BCUT2D eigenvalue weighted by Crippen LogP contribution is -1.65. The van der Waals surface area contributed by atoms with Crippen molar-refractivity contribution in [2.75, 3.05) is 0 Å². The van der Waals surface area contributed by atoms with Crippen molar-refractivity contribution in [1.82, 2.24) is 9.59 Å². The highest BCUT2D eigenvalue weighted by Gasteiger charge is 1.88. The Kier molecular flexibility index (Phi) is 1.87. The maximum absolute atomic E-state index is 3.92. The molecule has 11 heavy (non-hydrogen) atoms. The fourth-order valence-corrected chi connectivity index (χ4v) is 2.36. The standard InChI is InChI=1S/C7H6N2S2/c1-2-6-7(3-5-10-6)11-9-8-4-1/h1-5,9H. The molecule has 0 aromatic carbocycles. The molecule has 0 bridgehead atoms. The molecule has 0 fully saturated rings. The molecular weight excluding hydrogens is 176 g/mol. The van der Waals surface area contributed by atoms with E-state index < -0.39 is 0 Å². The fraction of sp³-hybridized carbons (Fsp3) is 0. The summed E-state index contributed by atoms with van der Waals surface area (Å²) in [7, 11) is 0. The highest BCUT2D eigenvalue weighted by Crippen LogP contribution is 2.19. The molecule has 0 aliphatic carbocycles. The Balaban J connectivity index is 2.84. The highest BCUT2D eigenvalue weighted by molar-refractivity contribution is 7.23. The molecule has 56 valence electrons. The molecule has 2 heterocycles. The van der Waals surface area contributed by atoms with Crippen LogP contribution in [0.25, 0.3) is 9.40 Å². The Labute approximate surface area is 72.0 Å². The van der Waals surface area contributed by atoms with Crippen molar-refractivity contribution in [3.63, 3.8) is 0 Å². The van der Waals surface area contributed by atoms with Crippen LogP contribution in [-0.2, 0) is 0 Å². The van der Waals surface area contributed by atoms with E-state index in [2.05, 4.69) is 27.1 Å². The minimum Gasteiger partial charge on any atom is -0.232 e. The molecule has 4 heteroatoms. The summed E-state index contributed by atoms with van der Waals surface area (Å²) in [5.74, 6) is 0. The molecule has 0 aliphatic rings. The predicted octanol–water partition coefficient (Wildman–Crippen LogP) is 2.81. The van der Waals surface area contributed by atoms with Crippen molar-refractivity contribution in [1.29, 1.82) is 0 Å². The number of nitrogens with one attached hydrogen (secondary N) is 1. The number of nitrogens with zero attached hydrogens (tertiary/aromatic N) is 1. The Bertz CT molecular complexity index is 348. The van der Waals surface area contributed by atoms with Gasteiger partial charge in [-0.15, -0.1) is 11.3 Å². The first-order chi connectivity index (χ1) is 5.47. The number of thiophene rings is 1. The summed E-state index contributed by atoms with van der Waals surface area (Å²) in [5, 5.41) is 5.99. The van der Waals surface area contributed by atoms with E-state index >= 15 is 0 Å². The number of hydrogen-bond donors (Lipinski definition) is 1. The Morgan fingerprint density at radius 2 is 2.27 bits per heavy atom. The average molecular weight is 182 g/mol. The molecule has 0 radical (unpaired) electrons. The minimum absolute atomic E-state index is 1.24. The normalized spacial score (nSPS) is 9.82. The predicted molar refractivity (Wildman–Crippen MR) is 49.5 cm³/mol. The van der Waals surface area contributed by atoms with Crippen LogP contribution in [0.1, 0.15) is 0 Å². The van der Waals surface area contributed by atoms with E-state index in [-0.39, 0.29) is 0 Å². The Hall–Kier alpha value is -0.870. The number of rotatable bonds is 0. The highest BCUT2D eigenvalue weighted by atomic mass is 32.1. The molecule has 2 aromatic heterocycles. The zero-order valence-electron chi connectivity index (χ0n) is 5.65. The summed E-state index contributed by atoms with van der Waals surface area (Å²) in [6.45, 7) is 0. The van der Waals surface area contributed by atoms with Crippen LogP contribution in [0, 0.1) is 0 Å². The van der Waals surface area contributed by atoms with Gasteiger partial charge in [-0.2, -0.15) is 5.10 Å². The van der Waals surface area contributed by atoms with Gasteiger partial charge in [0.2, 0.25) is 0 Å². The van der Waals surface area contributed by atoms with Gasteiger partial charge in [0.05, 0.1) is 4.70 Å². The zero-order chi connectivity index (χ0) is 7.52. The molecule has 2 nitrogen and oxygen atoms in total. The second-order valence-corrected chi connectivity index (χ2v) is 3.75. The van der Waals surface area contributed by atoms with Crippen molar-refractivity contribution >= 4 is 32.3 Å². The molecular formula is C7H6N2S2. The maximum atomic E-state index is 3.92. The van der Waals surface area contributed by atoms with E-state index in [0.29, 0.717) is 0 Å². The minimum atomic E-state index is 1.24. The number of aromatic amines is 1. The first-order valence-electron chi connectivity index (χ1n) is 3.16. The first kappa shape index (κ1) is 6.82. The molecule has 0 aliphatic heterocycles. The van der Waals surface area contributed by atoms with Crippen LogP contribution in [0.15, 0.2) is 29.8 Å². The Morgan fingerprint density at radius 1 is 1.27 bits per heavy atom. The van der Waals surface area contributed by atoms with Gasteiger partial charge in [0.25, 0.3) is 0 Å². The summed E-state index contributed by atoms with van der Waals surface area (Å²) in [6.07, 6.45) is 1.75. The van der Waals surface area contributed by atoms with E-state index in [0.717, 1.165) is 0 Å². The van der Waals surface area contributed by atoms with Gasteiger partial charge >= 0.3 is 0 Å². The van der Waals surface area contributed by atoms with Crippen LogP contribution in [-0.4, -0.2) is 9.59 Å². The topological polar surface area (TPSA) is 28.7 Å². The van der Waals surface area contributed by atoms with Crippen molar-refractivity contribution in [2.45, 2.75) is 0 Å². The quantitative estimate of drug-likeness (QED) is 0.666. The van der Waals surface area contributed by atoms with Crippen LogP contribution in [0.5, 0.6) is 0 Å². The molecule has 2 aromatic rings. The average Bonchev–Trinajstić information content (AvgIpc) is 2.35. The summed E-state index contributed by atoms with van der Waals surface area (Å²) in [4.78, 5) is 0. The zero-order valence-corrected chi connectivity index (χ0v) is 7.28. The fourth-order valence-electron chi connectivity index (χ4n) is 0.794. The SMILES string of the molecule is c1cn[nH]sc2ccsc2c1. The number of hydrogen-bond acceptors (Lipinski definition) is 3. The third-order valence-corrected chi connectivity index (χ3v) is 3.06. The van der Waals surface area contributed by atoms with E-state index in [1.165, 1.54) is 9.40 Å². The molecule has 0 spiro atoms. The van der Waals surface area contributed by atoms with Crippen molar-refractivity contribution < 1.29 is 0 Å². The molecule has 0 amide bonds. The number of aromatic nitrogens is 2.